The number of amides is 1. The van der Waals surface area contributed by atoms with Crippen LogP contribution in [0.15, 0.2) is 84.4 Å². The maximum atomic E-state index is 13.2. The highest BCUT2D eigenvalue weighted by atomic mass is 16.5. The van der Waals surface area contributed by atoms with Crippen LogP contribution in [-0.4, -0.2) is 30.0 Å². The third-order valence-corrected chi connectivity index (χ3v) is 5.41. The van der Waals surface area contributed by atoms with Gasteiger partial charge in [-0.1, -0.05) is 30.3 Å². The molecule has 1 amide bonds. The number of hydrogen-bond donors (Lipinski definition) is 1. The minimum absolute atomic E-state index is 0.0147. The number of aliphatic hydroxyl groups excluding tert-OH is 1. The predicted molar refractivity (Wildman–Crippen MR) is 126 cm³/mol. The lowest BCUT2D eigenvalue weighted by Crippen LogP contribution is -2.29. The Morgan fingerprint density at radius 1 is 0.879 bits per heavy atom. The van der Waals surface area contributed by atoms with Gasteiger partial charge in [0, 0.05) is 11.3 Å². The fourth-order valence-electron chi connectivity index (χ4n) is 3.91. The van der Waals surface area contributed by atoms with Crippen LogP contribution in [0.3, 0.4) is 0 Å². The highest BCUT2D eigenvalue weighted by molar-refractivity contribution is 6.51. The Bertz CT molecular complexity index is 1180. The molecule has 33 heavy (non-hydrogen) atoms. The molecule has 1 fully saturated rings. The molecule has 0 bridgehead atoms. The average Bonchev–Trinajstić information content (AvgIpc) is 3.10. The second-order valence-corrected chi connectivity index (χ2v) is 7.97. The first kappa shape index (κ1) is 22.1. The molecule has 1 aliphatic rings. The molecule has 6 heteroatoms. The van der Waals surface area contributed by atoms with Crippen molar-refractivity contribution in [2.45, 2.75) is 26.0 Å². The zero-order valence-corrected chi connectivity index (χ0v) is 18.7. The second kappa shape index (κ2) is 9.20. The lowest BCUT2D eigenvalue weighted by molar-refractivity contribution is -0.132. The molecule has 1 N–H and O–H groups in total. The van der Waals surface area contributed by atoms with Crippen molar-refractivity contribution in [1.29, 1.82) is 0 Å². The summed E-state index contributed by atoms with van der Waals surface area (Å²) in [7, 11) is 1.55. The van der Waals surface area contributed by atoms with E-state index >= 15 is 0 Å². The summed E-state index contributed by atoms with van der Waals surface area (Å²) in [6.45, 7) is 3.88. The highest BCUT2D eigenvalue weighted by Crippen LogP contribution is 2.42. The van der Waals surface area contributed by atoms with E-state index in [0.717, 1.165) is 0 Å². The Kier molecular flexibility index (Phi) is 6.18. The molecule has 1 saturated heterocycles. The van der Waals surface area contributed by atoms with E-state index in [1.54, 1.807) is 67.8 Å². The molecule has 0 spiro atoms. The molecule has 0 aromatic heterocycles. The number of hydrogen-bond acceptors (Lipinski definition) is 5. The van der Waals surface area contributed by atoms with Gasteiger partial charge in [0.05, 0.1) is 24.8 Å². The smallest absolute Gasteiger partial charge is 0.300 e. The minimum atomic E-state index is -0.789. The van der Waals surface area contributed by atoms with Crippen molar-refractivity contribution >= 4 is 23.1 Å². The van der Waals surface area contributed by atoms with Crippen LogP contribution in [0.25, 0.3) is 5.76 Å². The summed E-state index contributed by atoms with van der Waals surface area (Å²) >= 11 is 0. The summed E-state index contributed by atoms with van der Waals surface area (Å²) in [4.78, 5) is 27.7. The van der Waals surface area contributed by atoms with Gasteiger partial charge in [0.1, 0.15) is 17.3 Å². The first-order chi connectivity index (χ1) is 15.9. The van der Waals surface area contributed by atoms with Crippen molar-refractivity contribution in [3.8, 4) is 11.5 Å². The maximum absolute atomic E-state index is 13.2. The van der Waals surface area contributed by atoms with Crippen molar-refractivity contribution < 1.29 is 24.2 Å². The van der Waals surface area contributed by atoms with Crippen LogP contribution in [0, 0.1) is 0 Å². The molecule has 0 aliphatic carbocycles. The molecule has 0 saturated carbocycles. The van der Waals surface area contributed by atoms with Crippen LogP contribution in [0.5, 0.6) is 11.5 Å². The Morgan fingerprint density at radius 2 is 1.48 bits per heavy atom. The SMILES string of the molecule is COc1ccc(/C(O)=C2/C(=O)C(=O)N(c3ccccc3)C2c2ccc(OC(C)C)cc2)cc1. The number of ether oxygens (including phenoxy) is 2. The van der Waals surface area contributed by atoms with E-state index in [2.05, 4.69) is 0 Å². The van der Waals surface area contributed by atoms with Gasteiger partial charge < -0.3 is 14.6 Å². The van der Waals surface area contributed by atoms with Crippen molar-refractivity contribution in [3.63, 3.8) is 0 Å². The molecule has 168 valence electrons. The molecule has 0 radical (unpaired) electrons. The Balaban J connectivity index is 1.86. The molecule has 1 unspecified atom stereocenters. The number of para-hydroxylation sites is 1. The van der Waals surface area contributed by atoms with Crippen LogP contribution in [0.4, 0.5) is 5.69 Å². The van der Waals surface area contributed by atoms with Gasteiger partial charge in [0.15, 0.2) is 0 Å². The van der Waals surface area contributed by atoms with Gasteiger partial charge in [0.25, 0.3) is 11.7 Å². The normalized spacial score (nSPS) is 17.5. The quantitative estimate of drug-likeness (QED) is 0.326. The van der Waals surface area contributed by atoms with E-state index < -0.39 is 17.7 Å². The van der Waals surface area contributed by atoms with Crippen molar-refractivity contribution in [2.24, 2.45) is 0 Å². The van der Waals surface area contributed by atoms with Crippen molar-refractivity contribution in [3.05, 3.63) is 95.6 Å². The summed E-state index contributed by atoms with van der Waals surface area (Å²) in [5, 5.41) is 11.2. The molecule has 3 aromatic carbocycles. The zero-order chi connectivity index (χ0) is 23.5. The van der Waals surface area contributed by atoms with Crippen molar-refractivity contribution in [1.82, 2.24) is 0 Å². The topological polar surface area (TPSA) is 76.1 Å². The molecule has 6 nitrogen and oxygen atoms in total. The van der Waals surface area contributed by atoms with E-state index in [1.807, 2.05) is 32.0 Å². The number of ketones is 1. The first-order valence-corrected chi connectivity index (χ1v) is 10.7. The largest absolute Gasteiger partial charge is 0.507 e. The number of benzene rings is 3. The van der Waals surface area contributed by atoms with Gasteiger partial charge in [-0.3, -0.25) is 14.5 Å². The first-order valence-electron chi connectivity index (χ1n) is 10.7. The Labute approximate surface area is 192 Å². The van der Waals surface area contributed by atoms with Gasteiger partial charge >= 0.3 is 0 Å². The molecule has 1 heterocycles. The van der Waals surface area contributed by atoms with Crippen molar-refractivity contribution in [2.75, 3.05) is 12.0 Å². The zero-order valence-electron chi connectivity index (χ0n) is 18.7. The summed E-state index contributed by atoms with van der Waals surface area (Å²) in [5.41, 5.74) is 1.71. The second-order valence-electron chi connectivity index (χ2n) is 7.97. The highest BCUT2D eigenvalue weighted by Gasteiger charge is 2.46. The van der Waals surface area contributed by atoms with E-state index in [1.165, 1.54) is 4.90 Å². The lowest BCUT2D eigenvalue weighted by atomic mass is 9.95. The third kappa shape index (κ3) is 4.32. The van der Waals surface area contributed by atoms with E-state index in [4.69, 9.17) is 9.47 Å². The standard InChI is InChI=1S/C27H25NO5/c1-17(2)33-22-15-9-18(10-16-22)24-23(25(29)19-11-13-21(32-3)14-12-19)26(30)27(31)28(24)20-7-5-4-6-8-20/h4-17,24,29H,1-3H3/b25-23-. The van der Waals surface area contributed by atoms with Crippen LogP contribution in [0.1, 0.15) is 31.0 Å². The van der Waals surface area contributed by atoms with Gasteiger partial charge in [-0.25, -0.2) is 0 Å². The molecule has 3 aromatic rings. The number of carbonyl (C=O) groups excluding carboxylic acids is 2. The number of rotatable bonds is 6. The average molecular weight is 443 g/mol. The Morgan fingerprint density at radius 3 is 2.06 bits per heavy atom. The maximum Gasteiger partial charge on any atom is 0.300 e. The molecule has 4 rings (SSSR count). The monoisotopic (exact) mass is 443 g/mol. The van der Waals surface area contributed by atoms with Gasteiger partial charge in [-0.05, 0) is 67.9 Å². The fourth-order valence-corrected chi connectivity index (χ4v) is 3.91. The van der Waals surface area contributed by atoms with Gasteiger partial charge in [0.2, 0.25) is 0 Å². The number of carbonyl (C=O) groups is 2. The molecule has 1 atom stereocenters. The van der Waals surface area contributed by atoms with Crippen LogP contribution in [0.2, 0.25) is 0 Å². The third-order valence-electron chi connectivity index (χ3n) is 5.41. The molecular weight excluding hydrogens is 418 g/mol. The number of anilines is 1. The van der Waals surface area contributed by atoms with Crippen LogP contribution < -0.4 is 14.4 Å². The number of methoxy groups -OCH3 is 1. The number of nitrogens with zero attached hydrogens (tertiary/aromatic N) is 1. The Hall–Kier alpha value is -4.06. The summed E-state index contributed by atoms with van der Waals surface area (Å²) in [6.07, 6.45) is 0.0147. The molecular formula is C27H25NO5. The van der Waals surface area contributed by atoms with E-state index in [0.29, 0.717) is 28.3 Å². The number of aliphatic hydroxyl groups is 1. The minimum Gasteiger partial charge on any atom is -0.507 e. The number of Topliss-reactive ketones (excluding diaryl/α,β-unsaturated/α-hetero) is 1. The summed E-state index contributed by atoms with van der Waals surface area (Å²) in [6, 6.07) is 22.1. The van der Waals surface area contributed by atoms with E-state index in [9.17, 15) is 14.7 Å². The fraction of sp³-hybridized carbons (Fsp3) is 0.185. The lowest BCUT2D eigenvalue weighted by Gasteiger charge is -2.25. The summed E-state index contributed by atoms with van der Waals surface area (Å²) in [5.74, 6) is -0.362. The predicted octanol–water partition coefficient (Wildman–Crippen LogP) is 5.11. The van der Waals surface area contributed by atoms with Gasteiger partial charge in [-0.15, -0.1) is 0 Å². The van der Waals surface area contributed by atoms with Crippen LogP contribution >= 0.6 is 0 Å². The summed E-state index contributed by atoms with van der Waals surface area (Å²) < 4.78 is 10.9. The van der Waals surface area contributed by atoms with E-state index in [-0.39, 0.29) is 17.4 Å². The van der Waals surface area contributed by atoms with Gasteiger partial charge in [-0.2, -0.15) is 0 Å². The van der Waals surface area contributed by atoms with Crippen LogP contribution in [-0.2, 0) is 9.59 Å². The molecule has 1 aliphatic heterocycles.